The number of benzene rings is 2. The van der Waals surface area contributed by atoms with Crippen molar-refractivity contribution in [1.82, 2.24) is 24.6 Å². The van der Waals surface area contributed by atoms with Gasteiger partial charge in [0.25, 0.3) is 0 Å². The summed E-state index contributed by atoms with van der Waals surface area (Å²) in [6.45, 7) is 1.83. The molecule has 1 N–H and O–H groups in total. The van der Waals surface area contributed by atoms with Gasteiger partial charge in [0.05, 0.1) is 22.4 Å². The van der Waals surface area contributed by atoms with Crippen LogP contribution in [0, 0.1) is 6.92 Å². The third-order valence-electron chi connectivity index (χ3n) is 5.18. The van der Waals surface area contributed by atoms with Crippen LogP contribution in [0.25, 0.3) is 16.7 Å². The van der Waals surface area contributed by atoms with Crippen LogP contribution in [-0.4, -0.2) is 31.8 Å². The Labute approximate surface area is 182 Å². The molecule has 0 aliphatic carbocycles. The van der Waals surface area contributed by atoms with E-state index in [0.717, 1.165) is 21.5 Å². The summed E-state index contributed by atoms with van der Waals surface area (Å²) in [6.07, 6.45) is -1.35. The molecule has 1 amide bonds. The Kier molecular flexibility index (Phi) is 5.98. The van der Waals surface area contributed by atoms with Gasteiger partial charge in [-0.15, -0.1) is 0 Å². The molecular formula is C23H22F3N5O. The van der Waals surface area contributed by atoms with E-state index in [0.29, 0.717) is 19.4 Å². The summed E-state index contributed by atoms with van der Waals surface area (Å²) < 4.78 is 42.8. The van der Waals surface area contributed by atoms with Crippen molar-refractivity contribution in [1.29, 1.82) is 0 Å². The number of alkyl halides is 3. The van der Waals surface area contributed by atoms with Gasteiger partial charge in [-0.25, -0.2) is 9.67 Å². The van der Waals surface area contributed by atoms with Crippen LogP contribution in [0.4, 0.5) is 13.2 Å². The molecular weight excluding hydrogens is 419 g/mol. The number of amides is 1. The highest BCUT2D eigenvalue weighted by atomic mass is 19.4. The number of para-hydroxylation sites is 3. The number of carbonyl (C=O) groups is 1. The summed E-state index contributed by atoms with van der Waals surface area (Å²) in [5, 5.41) is 7.23. The van der Waals surface area contributed by atoms with Crippen molar-refractivity contribution in [3.05, 3.63) is 77.9 Å². The maximum Gasteiger partial charge on any atom is 0.449 e. The average Bonchev–Trinajstić information content (AvgIpc) is 3.33. The standard InChI is InChI=1S/C23H22F3N5O/c1-16-17(14-31(29-16)18-9-3-2-4-10-18)8-7-13-27-21(32)15-30-20-12-6-5-11-19(20)28-22(30)23(24,25)26/h2-6,9-12,14H,7-8,13,15H2,1H3,(H,27,32). The number of nitrogens with one attached hydrogen (secondary N) is 1. The summed E-state index contributed by atoms with van der Waals surface area (Å²) in [5.41, 5.74) is 3.41. The lowest BCUT2D eigenvalue weighted by molar-refractivity contribution is -0.147. The van der Waals surface area contributed by atoms with Gasteiger partial charge in [0, 0.05) is 12.7 Å². The van der Waals surface area contributed by atoms with Gasteiger partial charge in [0.1, 0.15) is 6.54 Å². The Morgan fingerprint density at radius 2 is 1.78 bits per heavy atom. The van der Waals surface area contributed by atoms with Gasteiger partial charge in [-0.05, 0) is 49.6 Å². The molecule has 0 saturated heterocycles. The van der Waals surface area contributed by atoms with Crippen molar-refractivity contribution < 1.29 is 18.0 Å². The fourth-order valence-electron chi connectivity index (χ4n) is 3.61. The highest BCUT2D eigenvalue weighted by molar-refractivity contribution is 5.81. The monoisotopic (exact) mass is 441 g/mol. The molecule has 6 nitrogen and oxygen atoms in total. The van der Waals surface area contributed by atoms with Crippen LogP contribution in [0.5, 0.6) is 0 Å². The number of aromatic nitrogens is 4. The van der Waals surface area contributed by atoms with Crippen LogP contribution >= 0.6 is 0 Å². The van der Waals surface area contributed by atoms with Crippen LogP contribution in [0.3, 0.4) is 0 Å². The summed E-state index contributed by atoms with van der Waals surface area (Å²) in [4.78, 5) is 16.0. The molecule has 0 spiro atoms. The van der Waals surface area contributed by atoms with Crippen molar-refractivity contribution in [3.8, 4) is 5.69 Å². The van der Waals surface area contributed by atoms with Crippen molar-refractivity contribution in [2.45, 2.75) is 32.5 Å². The van der Waals surface area contributed by atoms with E-state index in [9.17, 15) is 18.0 Å². The quantitative estimate of drug-likeness (QED) is 0.435. The van der Waals surface area contributed by atoms with Crippen LogP contribution in [-0.2, 0) is 23.9 Å². The zero-order valence-corrected chi connectivity index (χ0v) is 17.4. The van der Waals surface area contributed by atoms with Crippen molar-refractivity contribution >= 4 is 16.9 Å². The number of halogens is 3. The van der Waals surface area contributed by atoms with Gasteiger partial charge in [0.2, 0.25) is 11.7 Å². The SMILES string of the molecule is Cc1nn(-c2ccccc2)cc1CCCNC(=O)Cn1c(C(F)(F)F)nc2ccccc21. The van der Waals surface area contributed by atoms with Gasteiger partial charge in [-0.3, -0.25) is 4.79 Å². The molecule has 0 aliphatic heterocycles. The molecule has 2 heterocycles. The predicted molar refractivity (Wildman–Crippen MR) is 114 cm³/mol. The minimum absolute atomic E-state index is 0.207. The predicted octanol–water partition coefficient (Wildman–Crippen LogP) is 4.30. The molecule has 9 heteroatoms. The zero-order valence-electron chi connectivity index (χ0n) is 17.4. The summed E-state index contributed by atoms with van der Waals surface area (Å²) in [5.74, 6) is -1.56. The fourth-order valence-corrected chi connectivity index (χ4v) is 3.61. The second-order valence-electron chi connectivity index (χ2n) is 7.48. The lowest BCUT2D eigenvalue weighted by Crippen LogP contribution is -2.30. The molecule has 2 aromatic heterocycles. The summed E-state index contributed by atoms with van der Waals surface area (Å²) >= 11 is 0. The topological polar surface area (TPSA) is 64.7 Å². The van der Waals surface area contributed by atoms with Crippen molar-refractivity contribution in [2.75, 3.05) is 6.54 Å². The minimum atomic E-state index is -4.64. The van der Waals surface area contributed by atoms with E-state index < -0.39 is 24.5 Å². The van der Waals surface area contributed by atoms with E-state index in [2.05, 4.69) is 15.4 Å². The number of rotatable bonds is 7. The van der Waals surface area contributed by atoms with Crippen LogP contribution in [0.1, 0.15) is 23.5 Å². The highest BCUT2D eigenvalue weighted by Crippen LogP contribution is 2.31. The first-order valence-corrected chi connectivity index (χ1v) is 10.2. The van der Waals surface area contributed by atoms with Crippen LogP contribution < -0.4 is 5.32 Å². The fraction of sp³-hybridized carbons (Fsp3) is 0.261. The number of hydrogen-bond donors (Lipinski definition) is 1. The molecule has 0 bridgehead atoms. The lowest BCUT2D eigenvalue weighted by Gasteiger charge is -2.11. The summed E-state index contributed by atoms with van der Waals surface area (Å²) in [6, 6.07) is 16.0. The first kappa shape index (κ1) is 21.6. The van der Waals surface area contributed by atoms with Crippen LogP contribution in [0.15, 0.2) is 60.8 Å². The first-order chi connectivity index (χ1) is 15.3. The molecule has 0 aliphatic rings. The largest absolute Gasteiger partial charge is 0.449 e. The molecule has 0 unspecified atom stereocenters. The second kappa shape index (κ2) is 8.86. The van der Waals surface area contributed by atoms with Gasteiger partial charge in [0.15, 0.2) is 0 Å². The highest BCUT2D eigenvalue weighted by Gasteiger charge is 2.37. The van der Waals surface area contributed by atoms with E-state index in [1.54, 1.807) is 12.1 Å². The number of carbonyl (C=O) groups excluding carboxylic acids is 1. The smallest absolute Gasteiger partial charge is 0.355 e. The van der Waals surface area contributed by atoms with Crippen LogP contribution in [0.2, 0.25) is 0 Å². The molecule has 0 saturated carbocycles. The summed E-state index contributed by atoms with van der Waals surface area (Å²) in [7, 11) is 0. The van der Waals surface area contributed by atoms with Gasteiger partial charge < -0.3 is 9.88 Å². The molecule has 2 aromatic carbocycles. The average molecular weight is 441 g/mol. The maximum absolute atomic E-state index is 13.4. The van der Waals surface area contributed by atoms with E-state index in [4.69, 9.17) is 0 Å². The Bertz CT molecular complexity index is 1230. The van der Waals surface area contributed by atoms with E-state index in [1.807, 2.05) is 48.1 Å². The van der Waals surface area contributed by atoms with Gasteiger partial charge >= 0.3 is 6.18 Å². The molecule has 0 fully saturated rings. The number of imidazole rings is 1. The van der Waals surface area contributed by atoms with Crippen molar-refractivity contribution in [3.63, 3.8) is 0 Å². The Balaban J connectivity index is 1.35. The van der Waals surface area contributed by atoms with E-state index in [-0.39, 0.29) is 11.0 Å². The van der Waals surface area contributed by atoms with E-state index in [1.165, 1.54) is 12.1 Å². The number of hydrogen-bond acceptors (Lipinski definition) is 3. The van der Waals surface area contributed by atoms with Gasteiger partial charge in [-0.2, -0.15) is 18.3 Å². The maximum atomic E-state index is 13.4. The Morgan fingerprint density at radius 1 is 1.06 bits per heavy atom. The molecule has 32 heavy (non-hydrogen) atoms. The zero-order chi connectivity index (χ0) is 22.7. The second-order valence-corrected chi connectivity index (χ2v) is 7.48. The van der Waals surface area contributed by atoms with Crippen molar-refractivity contribution in [2.24, 2.45) is 0 Å². The molecule has 0 radical (unpaired) electrons. The normalized spacial score (nSPS) is 11.8. The third kappa shape index (κ3) is 4.66. The Hall–Kier alpha value is -3.62. The lowest BCUT2D eigenvalue weighted by atomic mass is 10.1. The number of aryl methyl sites for hydroxylation is 2. The van der Waals surface area contributed by atoms with Gasteiger partial charge in [-0.1, -0.05) is 30.3 Å². The third-order valence-corrected chi connectivity index (χ3v) is 5.18. The number of fused-ring (bicyclic) bond motifs is 1. The minimum Gasteiger partial charge on any atom is -0.355 e. The Morgan fingerprint density at radius 3 is 2.53 bits per heavy atom. The molecule has 4 rings (SSSR count). The number of nitrogens with zero attached hydrogens (tertiary/aromatic N) is 4. The first-order valence-electron chi connectivity index (χ1n) is 10.2. The molecule has 166 valence electrons. The molecule has 4 aromatic rings. The van der Waals surface area contributed by atoms with E-state index >= 15 is 0 Å². The molecule has 0 atom stereocenters.